The number of nitriles is 1. The predicted octanol–water partition coefficient (Wildman–Crippen LogP) is 6.39. The van der Waals surface area contributed by atoms with Crippen LogP contribution < -0.4 is 9.64 Å². The molecule has 0 radical (unpaired) electrons. The highest BCUT2D eigenvalue weighted by Crippen LogP contribution is 2.41. The molecule has 8 rings (SSSR count). The maximum absolute atomic E-state index is 16.9. The summed E-state index contributed by atoms with van der Waals surface area (Å²) in [6, 6.07) is 12.5. The minimum absolute atomic E-state index is 0.0176. The van der Waals surface area contributed by atoms with Crippen molar-refractivity contribution < 1.29 is 31.8 Å². The number of fused-ring (bicyclic) bond motifs is 3. The molecular weight excluding hydrogens is 752 g/mol. The highest BCUT2D eigenvalue weighted by molar-refractivity contribution is 6.36. The molecule has 4 aliphatic rings. The van der Waals surface area contributed by atoms with Gasteiger partial charge in [-0.3, -0.25) is 19.6 Å². The van der Waals surface area contributed by atoms with Crippen molar-refractivity contribution in [3.8, 4) is 23.3 Å². The lowest BCUT2D eigenvalue weighted by Gasteiger charge is -2.41. The van der Waals surface area contributed by atoms with E-state index < -0.39 is 36.3 Å². The van der Waals surface area contributed by atoms with Crippen LogP contribution in [0.3, 0.4) is 0 Å². The first-order chi connectivity index (χ1) is 27.1. The number of likely N-dealkylation sites (tertiary alicyclic amines) is 1. The third-order valence-electron chi connectivity index (χ3n) is 11.5. The van der Waals surface area contributed by atoms with Crippen molar-refractivity contribution in [3.63, 3.8) is 0 Å². The van der Waals surface area contributed by atoms with E-state index >= 15 is 4.39 Å². The summed E-state index contributed by atoms with van der Waals surface area (Å²) < 4.78 is 67.7. The predicted molar refractivity (Wildman–Crippen MR) is 203 cm³/mol. The Hall–Kier alpha value is -4.62. The Labute approximate surface area is 326 Å². The van der Waals surface area contributed by atoms with Crippen LogP contribution in [0.2, 0.25) is 5.02 Å². The van der Waals surface area contributed by atoms with Gasteiger partial charge in [0.25, 0.3) is 0 Å². The van der Waals surface area contributed by atoms with Gasteiger partial charge in [0.05, 0.1) is 35.6 Å². The van der Waals surface area contributed by atoms with Crippen LogP contribution in [0.25, 0.3) is 32.9 Å². The Morgan fingerprint density at radius 3 is 2.77 bits per heavy atom. The van der Waals surface area contributed by atoms with Crippen LogP contribution in [0, 0.1) is 17.1 Å². The second kappa shape index (κ2) is 16.1. The van der Waals surface area contributed by atoms with Crippen LogP contribution in [0.4, 0.5) is 23.4 Å². The number of hydrogen-bond acceptors (Lipinski definition) is 10. The summed E-state index contributed by atoms with van der Waals surface area (Å²) in [6.07, 6.45) is 5.70. The summed E-state index contributed by atoms with van der Waals surface area (Å²) in [5.74, 6) is -0.628. The first kappa shape index (κ1) is 38.3. The number of ether oxygens (including phenoxy) is 2. The van der Waals surface area contributed by atoms with Crippen molar-refractivity contribution >= 4 is 45.0 Å². The molecule has 2 aromatic carbocycles. The fourth-order valence-electron chi connectivity index (χ4n) is 8.89. The number of benzene rings is 2. The zero-order chi connectivity index (χ0) is 39.0. The third-order valence-corrected chi connectivity index (χ3v) is 11.8. The van der Waals surface area contributed by atoms with Crippen LogP contribution in [0.15, 0.2) is 54.7 Å². The van der Waals surface area contributed by atoms with E-state index in [0.717, 1.165) is 24.8 Å². The van der Waals surface area contributed by atoms with Crippen molar-refractivity contribution in [2.24, 2.45) is 0 Å². The van der Waals surface area contributed by atoms with E-state index in [1.54, 1.807) is 23.1 Å². The molecule has 0 spiro atoms. The smallest absolute Gasteiger partial charge is 0.345 e. The van der Waals surface area contributed by atoms with Crippen LogP contribution in [0.5, 0.6) is 6.01 Å². The van der Waals surface area contributed by atoms with Crippen LogP contribution in [-0.2, 0) is 9.53 Å². The molecule has 4 aromatic rings. The molecule has 0 bridgehead atoms. The Morgan fingerprint density at radius 1 is 1.11 bits per heavy atom. The molecule has 6 heterocycles. The second-order valence-electron chi connectivity index (χ2n) is 15.0. The van der Waals surface area contributed by atoms with E-state index in [4.69, 9.17) is 21.3 Å². The molecule has 16 heteroatoms. The molecule has 11 nitrogen and oxygen atoms in total. The Balaban J connectivity index is 1.09. The minimum Gasteiger partial charge on any atom is -0.461 e. The lowest BCUT2D eigenvalue weighted by Crippen LogP contribution is -2.55. The van der Waals surface area contributed by atoms with Crippen molar-refractivity contribution in [1.29, 1.82) is 5.26 Å². The molecule has 1 unspecified atom stereocenters. The van der Waals surface area contributed by atoms with E-state index in [-0.39, 0.29) is 49.2 Å². The summed E-state index contributed by atoms with van der Waals surface area (Å²) in [6.45, 7) is 0.501. The molecular formula is C40H41ClF4N8O3. The molecule has 0 saturated carbocycles. The number of aromatic nitrogens is 3. The molecule has 0 N–H and O–H groups in total. The zero-order valence-electron chi connectivity index (χ0n) is 30.6. The first-order valence-electron chi connectivity index (χ1n) is 18.9. The summed E-state index contributed by atoms with van der Waals surface area (Å²) in [5, 5.41) is 12.0. The molecule has 4 atom stereocenters. The SMILES string of the molecule is N#CC[C@H]1CN(c2nc(OC[C@@]34CCCN3CC(F)C4)nc3c(F)c(-c4cccc5cccc(Cl)c45)ncc23)CCN1C(=O)/C=C/CN1CC[C@@H](OC(F)F)C1. The molecule has 1 amide bonds. The lowest BCUT2D eigenvalue weighted by atomic mass is 9.95. The molecule has 0 aliphatic carbocycles. The van der Waals surface area contributed by atoms with E-state index in [0.29, 0.717) is 72.7 Å². The summed E-state index contributed by atoms with van der Waals surface area (Å²) >= 11 is 6.63. The average molecular weight is 793 g/mol. The zero-order valence-corrected chi connectivity index (χ0v) is 31.4. The van der Waals surface area contributed by atoms with Crippen molar-refractivity contribution in [2.45, 2.75) is 62.6 Å². The molecule has 294 valence electrons. The van der Waals surface area contributed by atoms with Crippen molar-refractivity contribution in [1.82, 2.24) is 29.7 Å². The number of anilines is 1. The number of rotatable bonds is 11. The molecule has 2 aromatic heterocycles. The summed E-state index contributed by atoms with van der Waals surface area (Å²) in [7, 11) is 0. The molecule has 4 aliphatic heterocycles. The van der Waals surface area contributed by atoms with Crippen LogP contribution in [0.1, 0.15) is 32.1 Å². The normalized spacial score (nSPS) is 24.6. The van der Waals surface area contributed by atoms with Gasteiger partial charge >= 0.3 is 12.6 Å². The number of hydrogen-bond donors (Lipinski definition) is 0. The summed E-state index contributed by atoms with van der Waals surface area (Å²) in [5.41, 5.74) is 0.0402. The Bertz CT molecular complexity index is 2190. The first-order valence-corrected chi connectivity index (χ1v) is 19.3. The summed E-state index contributed by atoms with van der Waals surface area (Å²) in [4.78, 5) is 35.0. The van der Waals surface area contributed by atoms with Crippen LogP contribution >= 0.6 is 11.6 Å². The van der Waals surface area contributed by atoms with Gasteiger partial charge in [-0.15, -0.1) is 0 Å². The Morgan fingerprint density at radius 2 is 1.95 bits per heavy atom. The number of amides is 1. The lowest BCUT2D eigenvalue weighted by molar-refractivity contribution is -0.158. The van der Waals surface area contributed by atoms with E-state index in [1.807, 2.05) is 34.1 Å². The maximum atomic E-state index is 16.9. The van der Waals surface area contributed by atoms with Gasteiger partial charge in [0.2, 0.25) is 5.91 Å². The van der Waals surface area contributed by atoms with E-state index in [1.165, 1.54) is 12.3 Å². The topological polar surface area (TPSA) is 111 Å². The largest absolute Gasteiger partial charge is 0.461 e. The van der Waals surface area contributed by atoms with Gasteiger partial charge in [-0.05, 0) is 37.3 Å². The number of alkyl halides is 3. The van der Waals surface area contributed by atoms with Crippen LogP contribution in [-0.4, -0.2) is 125 Å². The molecule has 56 heavy (non-hydrogen) atoms. The van der Waals surface area contributed by atoms with Crippen molar-refractivity contribution in [2.75, 3.05) is 63.9 Å². The number of piperazine rings is 1. The highest BCUT2D eigenvalue weighted by Gasteiger charge is 2.49. The monoisotopic (exact) mass is 792 g/mol. The number of carbonyl (C=O) groups excluding carboxylic acids is 1. The van der Waals surface area contributed by atoms with Gasteiger partial charge in [-0.25, -0.2) is 8.78 Å². The van der Waals surface area contributed by atoms with Gasteiger partial charge in [-0.2, -0.15) is 24.0 Å². The highest BCUT2D eigenvalue weighted by atomic mass is 35.5. The number of halogens is 5. The second-order valence-corrected chi connectivity index (χ2v) is 15.4. The molecule has 4 saturated heterocycles. The van der Waals surface area contributed by atoms with Gasteiger partial charge in [0.1, 0.15) is 29.8 Å². The number of nitrogens with zero attached hydrogens (tertiary/aromatic N) is 8. The maximum Gasteiger partial charge on any atom is 0.345 e. The van der Waals surface area contributed by atoms with Gasteiger partial charge in [0, 0.05) is 80.5 Å². The molecule has 4 fully saturated rings. The van der Waals surface area contributed by atoms with Crippen molar-refractivity contribution in [3.05, 3.63) is 65.6 Å². The fourth-order valence-corrected chi connectivity index (χ4v) is 9.17. The fraction of sp³-hybridized carbons (Fsp3) is 0.475. The number of pyridine rings is 1. The standard InChI is InChI=1S/C40H41ClF4N8O3/c41-31-8-2-6-25-5-1-7-29(33(25)31)35-34(43)36-30(20-47-35)37(49-39(48-36)55-24-40-12-4-15-52(40)21-26(42)19-40)51-17-18-53(27(22-51)10-13-46)32(54)9-3-14-50-16-11-28(23-50)56-38(44)45/h1-3,5-9,20,26-28,38H,4,10-12,14-19,21-24H2/b9-3+/t26?,27-,28+,40-/m0/s1. The van der Waals surface area contributed by atoms with Gasteiger partial charge < -0.3 is 19.3 Å². The average Bonchev–Trinajstić information content (AvgIpc) is 3.87. The van der Waals surface area contributed by atoms with Gasteiger partial charge in [-0.1, -0.05) is 48.0 Å². The van der Waals surface area contributed by atoms with E-state index in [2.05, 4.69) is 25.7 Å². The van der Waals surface area contributed by atoms with E-state index in [9.17, 15) is 23.2 Å². The Kier molecular flexibility index (Phi) is 11.0. The number of carbonyl (C=O) groups is 1. The van der Waals surface area contributed by atoms with Gasteiger partial charge in [0.15, 0.2) is 5.82 Å². The quantitative estimate of drug-likeness (QED) is 0.125. The minimum atomic E-state index is -2.82. The third kappa shape index (κ3) is 7.59.